The number of carboxylic acid groups (broad SMARTS) is 1. The van der Waals surface area contributed by atoms with Crippen molar-refractivity contribution in [3.8, 4) is 0 Å². The molecule has 128 valence electrons. The maximum atomic E-state index is 12.7. The molecule has 2 aromatic rings. The van der Waals surface area contributed by atoms with E-state index in [2.05, 4.69) is 4.98 Å². The maximum absolute atomic E-state index is 12.7. The van der Waals surface area contributed by atoms with Gasteiger partial charge < -0.3 is 5.11 Å². The smallest absolute Gasteiger partial charge is 0.338 e. The molecule has 7 heteroatoms. The minimum Gasteiger partial charge on any atom is -0.478 e. The number of aromatic nitrogens is 1. The molecule has 6 nitrogen and oxygen atoms in total. The quantitative estimate of drug-likeness (QED) is 0.848. The molecule has 1 aliphatic rings. The van der Waals surface area contributed by atoms with Gasteiger partial charge in [0.2, 0.25) is 11.8 Å². The van der Waals surface area contributed by atoms with E-state index in [0.717, 1.165) is 22.9 Å². The highest BCUT2D eigenvalue weighted by atomic mass is 32.2. The normalized spacial score (nSPS) is 17.2. The van der Waals surface area contributed by atoms with Gasteiger partial charge in [-0.2, -0.15) is 0 Å². The zero-order chi connectivity index (χ0) is 18.1. The lowest BCUT2D eigenvalue weighted by Crippen LogP contribution is -2.31. The number of carbonyl (C=O) groups excluding carboxylic acids is 2. The fourth-order valence-electron chi connectivity index (χ4n) is 2.83. The molecule has 0 spiro atoms. The molecule has 2 heterocycles. The van der Waals surface area contributed by atoms with Crippen molar-refractivity contribution in [1.29, 1.82) is 0 Å². The Morgan fingerprint density at radius 1 is 1.24 bits per heavy atom. The van der Waals surface area contributed by atoms with Crippen LogP contribution < -0.4 is 4.90 Å². The number of carboxylic acids is 1. The Kier molecular flexibility index (Phi) is 4.59. The number of rotatable bonds is 4. The largest absolute Gasteiger partial charge is 0.478 e. The molecule has 3 rings (SSSR count). The first-order valence-electron chi connectivity index (χ1n) is 7.67. The second kappa shape index (κ2) is 6.68. The maximum Gasteiger partial charge on any atom is 0.338 e. The first-order chi connectivity index (χ1) is 11.9. The minimum atomic E-state index is -1.11. The molecule has 1 saturated heterocycles. The molecule has 1 aromatic heterocycles. The monoisotopic (exact) mass is 356 g/mol. The van der Waals surface area contributed by atoms with Crippen molar-refractivity contribution >= 4 is 35.2 Å². The fraction of sp³-hybridized carbons (Fsp3) is 0.222. The van der Waals surface area contributed by atoms with Crippen LogP contribution in [0, 0.1) is 13.8 Å². The van der Waals surface area contributed by atoms with E-state index in [1.165, 1.54) is 23.2 Å². The molecule has 2 amide bonds. The van der Waals surface area contributed by atoms with Gasteiger partial charge in [-0.05, 0) is 49.2 Å². The number of aromatic carboxylic acids is 1. The lowest BCUT2D eigenvalue weighted by molar-refractivity contribution is -0.121. The van der Waals surface area contributed by atoms with Gasteiger partial charge >= 0.3 is 5.97 Å². The topological polar surface area (TPSA) is 87.6 Å². The Morgan fingerprint density at radius 2 is 1.92 bits per heavy atom. The fourth-order valence-corrected chi connectivity index (χ4v) is 3.94. The molecule has 0 bridgehead atoms. The van der Waals surface area contributed by atoms with Crippen LogP contribution in [0.1, 0.15) is 27.9 Å². The molecule has 1 N–H and O–H groups in total. The molecule has 0 unspecified atom stereocenters. The van der Waals surface area contributed by atoms with Gasteiger partial charge in [0.15, 0.2) is 0 Å². The van der Waals surface area contributed by atoms with Crippen molar-refractivity contribution in [3.63, 3.8) is 0 Å². The van der Waals surface area contributed by atoms with Gasteiger partial charge in [0.05, 0.1) is 16.5 Å². The number of carbonyl (C=O) groups is 3. The number of hydrogen-bond acceptors (Lipinski definition) is 5. The van der Waals surface area contributed by atoms with Crippen LogP contribution in [-0.4, -0.2) is 33.1 Å². The van der Waals surface area contributed by atoms with E-state index in [1.807, 2.05) is 19.9 Å². The SMILES string of the molecule is Cc1cc(C)cc(N2C(=O)C[C@@H](Sc3ncccc3C(=O)O)C2=O)c1. The average molecular weight is 356 g/mol. The predicted molar refractivity (Wildman–Crippen MR) is 93.9 cm³/mol. The Bertz CT molecular complexity index is 861. The zero-order valence-electron chi connectivity index (χ0n) is 13.7. The van der Waals surface area contributed by atoms with Crippen molar-refractivity contribution in [2.45, 2.75) is 30.5 Å². The van der Waals surface area contributed by atoms with E-state index in [9.17, 15) is 19.5 Å². The van der Waals surface area contributed by atoms with Gasteiger partial charge in [0.1, 0.15) is 5.03 Å². The summed E-state index contributed by atoms with van der Waals surface area (Å²) >= 11 is 1.02. The lowest BCUT2D eigenvalue weighted by atomic mass is 10.1. The number of nitrogens with zero attached hydrogens (tertiary/aromatic N) is 2. The molecule has 1 atom stereocenters. The number of anilines is 1. The predicted octanol–water partition coefficient (Wildman–Crippen LogP) is 2.82. The third-order valence-electron chi connectivity index (χ3n) is 3.83. The van der Waals surface area contributed by atoms with Crippen molar-refractivity contribution in [1.82, 2.24) is 4.98 Å². The summed E-state index contributed by atoms with van der Waals surface area (Å²) in [5.41, 5.74) is 2.50. The highest BCUT2D eigenvalue weighted by molar-refractivity contribution is 8.00. The summed E-state index contributed by atoms with van der Waals surface area (Å²) in [6.07, 6.45) is 1.49. The van der Waals surface area contributed by atoms with Crippen LogP contribution in [0.4, 0.5) is 5.69 Å². The van der Waals surface area contributed by atoms with Crippen LogP contribution in [0.15, 0.2) is 41.6 Å². The summed E-state index contributed by atoms with van der Waals surface area (Å²) in [5, 5.41) is 8.79. The number of imide groups is 1. The van der Waals surface area contributed by atoms with Gasteiger partial charge in [-0.25, -0.2) is 14.7 Å². The van der Waals surface area contributed by atoms with Gasteiger partial charge in [-0.3, -0.25) is 9.59 Å². The molecule has 1 aliphatic heterocycles. The van der Waals surface area contributed by atoms with Crippen LogP contribution >= 0.6 is 11.8 Å². The number of benzene rings is 1. The van der Waals surface area contributed by atoms with E-state index in [0.29, 0.717) is 5.69 Å². The molecule has 0 aliphatic carbocycles. The Morgan fingerprint density at radius 3 is 2.56 bits per heavy atom. The second-order valence-electron chi connectivity index (χ2n) is 5.89. The summed E-state index contributed by atoms with van der Waals surface area (Å²) in [7, 11) is 0. The lowest BCUT2D eigenvalue weighted by Gasteiger charge is -2.16. The molecular formula is C18H16N2O4S. The number of thioether (sulfide) groups is 1. The Hall–Kier alpha value is -2.67. The molecule has 25 heavy (non-hydrogen) atoms. The molecule has 0 radical (unpaired) electrons. The third-order valence-corrected chi connectivity index (χ3v) is 5.03. The second-order valence-corrected chi connectivity index (χ2v) is 7.08. The van der Waals surface area contributed by atoms with E-state index >= 15 is 0 Å². The number of pyridine rings is 1. The standard InChI is InChI=1S/C18H16N2O4S/c1-10-6-11(2)8-12(7-10)20-15(21)9-14(17(20)22)25-16-13(18(23)24)4-3-5-19-16/h3-8,14H,9H2,1-2H3,(H,23,24)/t14-/m1/s1. The van der Waals surface area contributed by atoms with Gasteiger partial charge in [-0.1, -0.05) is 17.8 Å². The summed E-state index contributed by atoms with van der Waals surface area (Å²) < 4.78 is 0. The van der Waals surface area contributed by atoms with Crippen LogP contribution in [0.25, 0.3) is 0 Å². The summed E-state index contributed by atoms with van der Waals surface area (Å²) in [6.45, 7) is 3.81. The highest BCUT2D eigenvalue weighted by Gasteiger charge is 2.41. The molecule has 1 aromatic carbocycles. The molecule has 0 saturated carbocycles. The van der Waals surface area contributed by atoms with Crippen LogP contribution in [-0.2, 0) is 9.59 Å². The first kappa shape index (κ1) is 17.2. The van der Waals surface area contributed by atoms with Crippen LogP contribution in [0.5, 0.6) is 0 Å². The van der Waals surface area contributed by atoms with Crippen molar-refractivity contribution in [3.05, 3.63) is 53.2 Å². The molecular weight excluding hydrogens is 340 g/mol. The Balaban J connectivity index is 1.88. The number of aryl methyl sites for hydroxylation is 2. The Labute approximate surface area is 148 Å². The third kappa shape index (κ3) is 3.41. The first-order valence-corrected chi connectivity index (χ1v) is 8.55. The van der Waals surface area contributed by atoms with E-state index in [-0.39, 0.29) is 28.8 Å². The van der Waals surface area contributed by atoms with E-state index < -0.39 is 11.2 Å². The number of amides is 2. The van der Waals surface area contributed by atoms with Gasteiger partial charge in [0, 0.05) is 12.6 Å². The van der Waals surface area contributed by atoms with Crippen LogP contribution in [0.3, 0.4) is 0 Å². The van der Waals surface area contributed by atoms with Crippen molar-refractivity contribution in [2.75, 3.05) is 4.90 Å². The summed E-state index contributed by atoms with van der Waals surface area (Å²) in [4.78, 5) is 41.6. The van der Waals surface area contributed by atoms with Gasteiger partial charge in [-0.15, -0.1) is 0 Å². The summed E-state index contributed by atoms with van der Waals surface area (Å²) in [5.74, 6) is -1.75. The number of hydrogen-bond donors (Lipinski definition) is 1. The average Bonchev–Trinajstić information content (AvgIpc) is 2.80. The van der Waals surface area contributed by atoms with Crippen molar-refractivity contribution in [2.24, 2.45) is 0 Å². The minimum absolute atomic E-state index is 0.0200. The summed E-state index contributed by atoms with van der Waals surface area (Å²) in [6, 6.07) is 8.50. The van der Waals surface area contributed by atoms with Crippen molar-refractivity contribution < 1.29 is 19.5 Å². The van der Waals surface area contributed by atoms with Gasteiger partial charge in [0.25, 0.3) is 0 Å². The van der Waals surface area contributed by atoms with Crippen LogP contribution in [0.2, 0.25) is 0 Å². The van der Waals surface area contributed by atoms with E-state index in [4.69, 9.17) is 0 Å². The van der Waals surface area contributed by atoms with E-state index in [1.54, 1.807) is 12.1 Å². The zero-order valence-corrected chi connectivity index (χ0v) is 14.5. The highest BCUT2D eigenvalue weighted by Crippen LogP contribution is 2.35. The molecule has 1 fully saturated rings.